The lowest BCUT2D eigenvalue weighted by molar-refractivity contribution is -0.138. The van der Waals surface area contributed by atoms with Crippen LogP contribution in [0.5, 0.6) is 0 Å². The highest BCUT2D eigenvalue weighted by Gasteiger charge is 2.33. The molecule has 0 aliphatic heterocycles. The Morgan fingerprint density at radius 3 is 1.84 bits per heavy atom. The molecule has 0 bridgehead atoms. The molecule has 0 saturated carbocycles. The van der Waals surface area contributed by atoms with Gasteiger partial charge in [0.25, 0.3) is 0 Å². The summed E-state index contributed by atoms with van der Waals surface area (Å²) in [4.78, 5) is 53.8. The van der Waals surface area contributed by atoms with Crippen LogP contribution in [0.2, 0.25) is 0 Å². The van der Waals surface area contributed by atoms with Crippen molar-refractivity contribution in [2.45, 2.75) is 91.9 Å². The molecule has 64 heavy (non-hydrogen) atoms. The van der Waals surface area contributed by atoms with Crippen molar-refractivity contribution in [2.75, 3.05) is 39.8 Å². The molecule has 0 radical (unpaired) electrons. The molecule has 2 N–H and O–H groups in total. The van der Waals surface area contributed by atoms with Crippen molar-refractivity contribution in [1.29, 1.82) is 0 Å². The fourth-order valence-electron chi connectivity index (χ4n) is 9.06. The molecule has 6 aromatic rings. The van der Waals surface area contributed by atoms with Crippen LogP contribution >= 0.6 is 0 Å². The highest BCUT2D eigenvalue weighted by molar-refractivity contribution is 5.84. The van der Waals surface area contributed by atoms with Gasteiger partial charge in [-0.05, 0) is 92.2 Å². The van der Waals surface area contributed by atoms with E-state index in [0.29, 0.717) is 13.1 Å². The maximum atomic E-state index is 14.2. The summed E-state index contributed by atoms with van der Waals surface area (Å²) in [6.07, 6.45) is 13.6. The summed E-state index contributed by atoms with van der Waals surface area (Å²) in [7, 11) is 1.90. The Kier molecular flexibility index (Phi) is 16.5. The van der Waals surface area contributed by atoms with E-state index in [1.54, 1.807) is 0 Å². The smallest absolute Gasteiger partial charge is 0.244 e. The monoisotopic (exact) mass is 859 g/mol. The van der Waals surface area contributed by atoms with Crippen LogP contribution in [0, 0.1) is 12.8 Å². The number of likely N-dealkylation sites (N-methyl/N-ethyl adjacent to an activating group) is 3. The van der Waals surface area contributed by atoms with Crippen LogP contribution in [-0.4, -0.2) is 91.1 Å². The first-order valence-corrected chi connectivity index (χ1v) is 23.0. The number of aromatic nitrogens is 4. The number of nitrogens with one attached hydrogen (secondary N) is 2. The second-order valence-corrected chi connectivity index (χ2v) is 16.4. The zero-order chi connectivity index (χ0) is 45.8. The molecule has 7 rings (SSSR count). The Bertz CT molecular complexity index is 2430. The molecular weight excluding hydrogens is 793 g/mol. The Balaban J connectivity index is 0.00000335. The Morgan fingerprint density at radius 1 is 0.703 bits per heavy atom. The van der Waals surface area contributed by atoms with Gasteiger partial charge in [-0.1, -0.05) is 138 Å². The predicted octanol–water partition coefficient (Wildman–Crippen LogP) is 10.3. The van der Waals surface area contributed by atoms with Crippen molar-refractivity contribution < 1.29 is 9.59 Å². The zero-order valence-electron chi connectivity index (χ0n) is 38.8. The van der Waals surface area contributed by atoms with E-state index in [4.69, 9.17) is 9.97 Å². The molecule has 0 saturated heterocycles. The minimum Gasteiger partial charge on any atom is -0.344 e. The molecule has 4 aromatic carbocycles. The summed E-state index contributed by atoms with van der Waals surface area (Å²) < 4.78 is 0. The van der Waals surface area contributed by atoms with Crippen LogP contribution in [0.25, 0.3) is 33.6 Å². The van der Waals surface area contributed by atoms with Crippen LogP contribution < -0.4 is 0 Å². The van der Waals surface area contributed by atoms with Crippen LogP contribution in [0.4, 0.5) is 0 Å². The molecule has 334 valence electrons. The lowest BCUT2D eigenvalue weighted by atomic mass is 9.95. The van der Waals surface area contributed by atoms with E-state index in [1.165, 1.54) is 5.56 Å². The molecule has 1 aliphatic carbocycles. The fraction of sp³-hybridized carbons (Fsp3) is 0.370. The number of terminal acetylenes is 1. The van der Waals surface area contributed by atoms with Gasteiger partial charge in [-0.15, -0.1) is 12.8 Å². The molecule has 10 heteroatoms. The second-order valence-electron chi connectivity index (χ2n) is 16.4. The second kappa shape index (κ2) is 22.4. The van der Waals surface area contributed by atoms with Crippen molar-refractivity contribution in [2.24, 2.45) is 0 Å². The van der Waals surface area contributed by atoms with Crippen molar-refractivity contribution >= 4 is 11.8 Å². The number of H-pyrrole nitrogens is 2. The van der Waals surface area contributed by atoms with Gasteiger partial charge in [-0.25, -0.2) is 9.97 Å². The van der Waals surface area contributed by atoms with Gasteiger partial charge in [0.15, 0.2) is 0 Å². The van der Waals surface area contributed by atoms with E-state index in [2.05, 4.69) is 129 Å². The van der Waals surface area contributed by atoms with Gasteiger partial charge in [0.05, 0.1) is 30.2 Å². The van der Waals surface area contributed by atoms with Gasteiger partial charge in [-0.2, -0.15) is 0 Å². The number of nitrogens with zero attached hydrogens (tertiary/aromatic N) is 6. The molecule has 2 amide bonds. The summed E-state index contributed by atoms with van der Waals surface area (Å²) in [5, 5.41) is 0. The molecule has 3 atom stereocenters. The van der Waals surface area contributed by atoms with E-state index < -0.39 is 0 Å². The largest absolute Gasteiger partial charge is 0.344 e. The van der Waals surface area contributed by atoms with Crippen molar-refractivity contribution in [3.8, 4) is 46.5 Å². The number of carbonyl (C=O) groups excluding carboxylic acids is 2. The number of amides is 2. The molecule has 10 nitrogen and oxygen atoms in total. The number of aryl methyl sites for hydroxylation is 2. The summed E-state index contributed by atoms with van der Waals surface area (Å²) in [5.41, 5.74) is 10.9. The van der Waals surface area contributed by atoms with Crippen molar-refractivity contribution in [3.63, 3.8) is 0 Å². The standard InChI is InChI=1S/C52H64N8O2.C2H2/c1-8-32-60(52(62)49(59(11-4)12-5)40-22-17-14-18-23-40)35-46-53-34-45(54-46)38-28-26-37(27-29-38)41-30-31-43-42(33-41)24-19-25-44-47(43)56-50(55-44)36(6)57(7)51(61)48(58(9-2)10-3)39-20-15-13-16-21-39;1-2/h13-18,20-23,26-31,33-34,36,48-49H,8-12,19,24-25,32,35H2,1-7H3,(H,53,54)(H,55,56);1-2H/t36-,48+,49+;/m0./s1. The van der Waals surface area contributed by atoms with Crippen LogP contribution in [-0.2, 0) is 29.0 Å². The Labute approximate surface area is 381 Å². The summed E-state index contributed by atoms with van der Waals surface area (Å²) in [6.45, 7) is 16.8. The quantitative estimate of drug-likeness (QED) is 0.0835. The first-order chi connectivity index (χ1) is 31.2. The van der Waals surface area contributed by atoms with E-state index in [1.807, 2.05) is 71.6 Å². The Hall–Kier alpha value is -6.28. The van der Waals surface area contributed by atoms with Gasteiger partial charge < -0.3 is 19.8 Å². The molecule has 0 fully saturated rings. The van der Waals surface area contributed by atoms with Gasteiger partial charge >= 0.3 is 0 Å². The van der Waals surface area contributed by atoms with Crippen LogP contribution in [0.15, 0.2) is 109 Å². The number of carbonyl (C=O) groups is 2. The topological polar surface area (TPSA) is 104 Å². The van der Waals surface area contributed by atoms with Crippen LogP contribution in [0.3, 0.4) is 0 Å². The number of hydrogen-bond donors (Lipinski definition) is 2. The minimum atomic E-state index is -0.355. The van der Waals surface area contributed by atoms with Crippen LogP contribution in [0.1, 0.15) is 107 Å². The zero-order valence-corrected chi connectivity index (χ0v) is 38.8. The van der Waals surface area contributed by atoms with Crippen molar-refractivity contribution in [3.05, 3.63) is 143 Å². The third-order valence-corrected chi connectivity index (χ3v) is 12.7. The van der Waals surface area contributed by atoms with Gasteiger partial charge in [0, 0.05) is 24.8 Å². The number of imidazole rings is 2. The molecule has 2 heterocycles. The third-order valence-electron chi connectivity index (χ3n) is 12.7. The predicted molar refractivity (Wildman–Crippen MR) is 260 cm³/mol. The molecule has 1 aliphatic rings. The van der Waals surface area contributed by atoms with Gasteiger partial charge in [-0.3, -0.25) is 19.4 Å². The number of hydrogen-bond acceptors (Lipinski definition) is 6. The summed E-state index contributed by atoms with van der Waals surface area (Å²) >= 11 is 0. The van der Waals surface area contributed by atoms with E-state index >= 15 is 0 Å². The van der Waals surface area contributed by atoms with Gasteiger partial charge in [0.1, 0.15) is 23.7 Å². The average Bonchev–Trinajstić information content (AvgIpc) is 3.96. The molecule has 0 unspecified atom stereocenters. The maximum Gasteiger partial charge on any atom is 0.244 e. The van der Waals surface area contributed by atoms with E-state index in [-0.39, 0.29) is 29.9 Å². The molecular formula is C54H66N8O2. The first kappa shape index (κ1) is 47.2. The van der Waals surface area contributed by atoms with E-state index in [0.717, 1.165) is 114 Å². The van der Waals surface area contributed by atoms with Gasteiger partial charge in [0.2, 0.25) is 11.8 Å². The SMILES string of the molecule is C#C.CCCN(Cc1ncc(-c2ccc(-c3ccc4c(c3)CCCc3[nH]c([C@H](C)N(C)C(=O)[C@@H](c5ccccc5)N(CC)CC)nc3-4)cc2)[nH]1)C(=O)[C@@H](c1ccccc1)N(CC)CC. The highest BCUT2D eigenvalue weighted by Crippen LogP contribution is 2.36. The fourth-order valence-corrected chi connectivity index (χ4v) is 9.06. The number of fused-ring (bicyclic) bond motifs is 3. The first-order valence-electron chi connectivity index (χ1n) is 23.0. The van der Waals surface area contributed by atoms with Crippen molar-refractivity contribution in [1.82, 2.24) is 39.5 Å². The normalized spacial score (nSPS) is 13.5. The summed E-state index contributed by atoms with van der Waals surface area (Å²) in [6, 6.07) is 34.6. The lowest BCUT2D eigenvalue weighted by Gasteiger charge is -2.34. The number of benzene rings is 4. The molecule has 0 spiro atoms. The highest BCUT2D eigenvalue weighted by atomic mass is 16.2. The molecule has 2 aromatic heterocycles. The van der Waals surface area contributed by atoms with E-state index in [9.17, 15) is 9.59 Å². The summed E-state index contributed by atoms with van der Waals surface area (Å²) in [5.74, 6) is 1.75. The number of aromatic amines is 2. The lowest BCUT2D eigenvalue weighted by Crippen LogP contribution is -2.43. The third kappa shape index (κ3) is 10.4. The average molecular weight is 859 g/mol. The maximum absolute atomic E-state index is 14.2. The number of rotatable bonds is 18. The minimum absolute atomic E-state index is 0.0664. The Morgan fingerprint density at radius 2 is 1.27 bits per heavy atom.